The van der Waals surface area contributed by atoms with E-state index in [2.05, 4.69) is 5.32 Å². The molecule has 0 spiro atoms. The van der Waals surface area contributed by atoms with E-state index in [0.29, 0.717) is 28.0 Å². The number of carbonyl (C=O) groups excluding carboxylic acids is 2. The zero-order chi connectivity index (χ0) is 19.4. The topological polar surface area (TPSA) is 89.3 Å². The summed E-state index contributed by atoms with van der Waals surface area (Å²) in [6.07, 6.45) is 2.54. The molecule has 2 aromatic rings. The van der Waals surface area contributed by atoms with Crippen LogP contribution in [-0.4, -0.2) is 16.5 Å². The van der Waals surface area contributed by atoms with E-state index >= 15 is 0 Å². The largest absolute Gasteiger partial charge is 0.355 e. The third kappa shape index (κ3) is 2.27. The van der Waals surface area contributed by atoms with Crippen LogP contribution in [-0.2, 0) is 0 Å². The maximum atomic E-state index is 13.4. The molecule has 0 radical (unpaired) electrons. The highest BCUT2D eigenvalue weighted by atomic mass is 16.6. The van der Waals surface area contributed by atoms with Crippen LogP contribution >= 0.6 is 0 Å². The molecular formula is C22H16N2O4. The molecule has 2 aliphatic carbocycles. The molecule has 0 saturated carbocycles. The second-order valence-electron chi connectivity index (χ2n) is 7.26. The number of allylic oxidation sites excluding steroid dienone is 4. The standard InChI is InChI=1S/C22H16N2O4/c25-21-14-7-1-2-8-15(14)22(26)20-19(21)18(16-9-4-10-17(16)23-20)12-5-3-6-13(11-12)24(27)28/h1-3,5-8,11,18,23H,4,9-10H2. The number of hydrogen-bond acceptors (Lipinski definition) is 5. The number of Topliss-reactive ketones (excluding diaryl/α,β-unsaturated/α-hetero) is 2. The first kappa shape index (κ1) is 16.6. The Balaban J connectivity index is 1.73. The minimum Gasteiger partial charge on any atom is -0.355 e. The quantitative estimate of drug-likeness (QED) is 0.634. The highest BCUT2D eigenvalue weighted by Gasteiger charge is 2.43. The number of carbonyl (C=O) groups is 2. The van der Waals surface area contributed by atoms with E-state index in [0.717, 1.165) is 30.5 Å². The van der Waals surface area contributed by atoms with Crippen molar-refractivity contribution in [3.05, 3.63) is 97.9 Å². The second-order valence-corrected chi connectivity index (χ2v) is 7.26. The highest BCUT2D eigenvalue weighted by molar-refractivity contribution is 6.27. The number of benzene rings is 2. The van der Waals surface area contributed by atoms with Gasteiger partial charge < -0.3 is 5.32 Å². The van der Waals surface area contributed by atoms with Gasteiger partial charge in [-0.1, -0.05) is 36.4 Å². The Morgan fingerprint density at radius 1 is 0.964 bits per heavy atom. The third-order valence-corrected chi connectivity index (χ3v) is 5.75. The number of non-ortho nitro benzene ring substituents is 1. The average molecular weight is 372 g/mol. The van der Waals surface area contributed by atoms with Gasteiger partial charge >= 0.3 is 0 Å². The van der Waals surface area contributed by atoms with Crippen LogP contribution in [0.3, 0.4) is 0 Å². The maximum absolute atomic E-state index is 13.4. The van der Waals surface area contributed by atoms with Crippen LogP contribution < -0.4 is 5.32 Å². The van der Waals surface area contributed by atoms with Crippen LogP contribution in [0.5, 0.6) is 0 Å². The first-order valence-corrected chi connectivity index (χ1v) is 9.22. The molecular weight excluding hydrogens is 356 g/mol. The van der Waals surface area contributed by atoms with Gasteiger partial charge in [0.25, 0.3) is 5.69 Å². The smallest absolute Gasteiger partial charge is 0.269 e. The van der Waals surface area contributed by atoms with Crippen molar-refractivity contribution >= 4 is 17.3 Å². The van der Waals surface area contributed by atoms with Crippen molar-refractivity contribution in [1.82, 2.24) is 5.32 Å². The Hall–Kier alpha value is -3.54. The predicted octanol–water partition coefficient (Wildman–Crippen LogP) is 4.05. The summed E-state index contributed by atoms with van der Waals surface area (Å²) >= 11 is 0. The minimum atomic E-state index is -0.438. The van der Waals surface area contributed by atoms with Crippen molar-refractivity contribution < 1.29 is 14.5 Å². The number of nitro groups is 1. The molecule has 3 aliphatic rings. The molecule has 138 valence electrons. The van der Waals surface area contributed by atoms with Crippen LogP contribution in [0.2, 0.25) is 0 Å². The zero-order valence-corrected chi connectivity index (χ0v) is 14.9. The SMILES string of the molecule is O=C1C2=C(C(=O)c3ccccc31)C(c1cccc([N+](=O)[O-])c1)C1=C(CCC1)N2. The third-order valence-electron chi connectivity index (χ3n) is 5.75. The lowest BCUT2D eigenvalue weighted by atomic mass is 9.73. The van der Waals surface area contributed by atoms with E-state index in [1.807, 2.05) is 0 Å². The summed E-state index contributed by atoms with van der Waals surface area (Å²) in [5.74, 6) is -0.815. The second kappa shape index (κ2) is 5.99. The number of nitrogens with one attached hydrogen (secondary N) is 1. The molecule has 0 saturated heterocycles. The molecule has 2 aromatic carbocycles. The highest BCUT2D eigenvalue weighted by Crippen LogP contribution is 2.47. The van der Waals surface area contributed by atoms with Crippen molar-refractivity contribution in [2.75, 3.05) is 0 Å². The Morgan fingerprint density at radius 2 is 1.71 bits per heavy atom. The molecule has 5 rings (SSSR count). The van der Waals surface area contributed by atoms with E-state index < -0.39 is 10.8 Å². The fourth-order valence-electron chi connectivity index (χ4n) is 4.53. The Morgan fingerprint density at radius 3 is 2.46 bits per heavy atom. The Bertz CT molecular complexity index is 1140. The van der Waals surface area contributed by atoms with Gasteiger partial charge in [0.2, 0.25) is 5.78 Å². The monoisotopic (exact) mass is 372 g/mol. The molecule has 1 heterocycles. The summed E-state index contributed by atoms with van der Waals surface area (Å²) in [5.41, 5.74) is 4.21. The van der Waals surface area contributed by atoms with Gasteiger partial charge in [0, 0.05) is 40.4 Å². The van der Waals surface area contributed by atoms with Crippen LogP contribution in [0, 0.1) is 10.1 Å². The number of hydrogen-bond donors (Lipinski definition) is 1. The first-order chi connectivity index (χ1) is 13.6. The van der Waals surface area contributed by atoms with E-state index in [9.17, 15) is 19.7 Å². The van der Waals surface area contributed by atoms with Crippen LogP contribution in [0.15, 0.2) is 71.1 Å². The Kier molecular flexibility index (Phi) is 3.55. The number of rotatable bonds is 2. The predicted molar refractivity (Wildman–Crippen MR) is 102 cm³/mol. The van der Waals surface area contributed by atoms with Gasteiger partial charge in [-0.3, -0.25) is 19.7 Å². The molecule has 1 unspecified atom stereocenters. The van der Waals surface area contributed by atoms with E-state index in [4.69, 9.17) is 0 Å². The molecule has 0 amide bonds. The summed E-state index contributed by atoms with van der Waals surface area (Å²) in [5, 5.41) is 14.5. The van der Waals surface area contributed by atoms with Gasteiger partial charge in [-0.2, -0.15) is 0 Å². The van der Waals surface area contributed by atoms with Gasteiger partial charge in [0.1, 0.15) is 0 Å². The van der Waals surface area contributed by atoms with Crippen LogP contribution in [0.4, 0.5) is 5.69 Å². The maximum Gasteiger partial charge on any atom is 0.269 e. The lowest BCUT2D eigenvalue weighted by Gasteiger charge is -2.33. The van der Waals surface area contributed by atoms with E-state index in [-0.39, 0.29) is 17.3 Å². The van der Waals surface area contributed by atoms with Gasteiger partial charge in [-0.05, 0) is 30.4 Å². The minimum absolute atomic E-state index is 0.0201. The Labute approximate surface area is 160 Å². The number of fused-ring (bicyclic) bond motifs is 1. The number of nitrogens with zero attached hydrogens (tertiary/aromatic N) is 1. The summed E-state index contributed by atoms with van der Waals surface area (Å²) in [7, 11) is 0. The van der Waals surface area contributed by atoms with Crippen LogP contribution in [0.25, 0.3) is 0 Å². The summed E-state index contributed by atoms with van der Waals surface area (Å²) < 4.78 is 0. The molecule has 0 bridgehead atoms. The van der Waals surface area contributed by atoms with Gasteiger partial charge in [0.15, 0.2) is 5.78 Å². The van der Waals surface area contributed by atoms with Crippen molar-refractivity contribution in [1.29, 1.82) is 0 Å². The summed E-state index contributed by atoms with van der Waals surface area (Å²) in [6, 6.07) is 13.2. The molecule has 28 heavy (non-hydrogen) atoms. The number of ketones is 2. The average Bonchev–Trinajstić information content (AvgIpc) is 3.19. The number of nitro benzene ring substituents is 1. The van der Waals surface area contributed by atoms with E-state index in [1.54, 1.807) is 36.4 Å². The van der Waals surface area contributed by atoms with Crippen molar-refractivity contribution in [2.45, 2.75) is 25.2 Å². The van der Waals surface area contributed by atoms with Crippen LogP contribution in [0.1, 0.15) is 51.5 Å². The molecule has 1 aliphatic heterocycles. The van der Waals surface area contributed by atoms with Crippen molar-refractivity contribution in [2.24, 2.45) is 0 Å². The van der Waals surface area contributed by atoms with Gasteiger partial charge in [-0.15, -0.1) is 0 Å². The molecule has 0 aromatic heterocycles. The van der Waals surface area contributed by atoms with Gasteiger partial charge in [-0.25, -0.2) is 0 Å². The molecule has 0 fully saturated rings. The summed E-state index contributed by atoms with van der Waals surface area (Å²) in [4.78, 5) is 37.4. The van der Waals surface area contributed by atoms with Crippen molar-refractivity contribution in [3.8, 4) is 0 Å². The molecule has 1 N–H and O–H groups in total. The molecule has 1 atom stereocenters. The van der Waals surface area contributed by atoms with Gasteiger partial charge in [0.05, 0.1) is 10.6 Å². The molecule has 6 nitrogen and oxygen atoms in total. The fourth-order valence-corrected chi connectivity index (χ4v) is 4.53. The number of dihydropyridines is 1. The zero-order valence-electron chi connectivity index (χ0n) is 14.9. The lowest BCUT2D eigenvalue weighted by molar-refractivity contribution is -0.384. The normalized spacial score (nSPS) is 20.5. The summed E-state index contributed by atoms with van der Waals surface area (Å²) in [6.45, 7) is 0. The molecule has 6 heteroatoms. The first-order valence-electron chi connectivity index (χ1n) is 9.22. The fraction of sp³-hybridized carbons (Fsp3) is 0.182. The van der Waals surface area contributed by atoms with Crippen molar-refractivity contribution in [3.63, 3.8) is 0 Å². The lowest BCUT2D eigenvalue weighted by Crippen LogP contribution is -2.36. The van der Waals surface area contributed by atoms with E-state index in [1.165, 1.54) is 12.1 Å².